The van der Waals surface area contributed by atoms with Crippen molar-refractivity contribution in [2.45, 2.75) is 38.9 Å². The van der Waals surface area contributed by atoms with Crippen molar-refractivity contribution in [3.05, 3.63) is 143 Å². The molecule has 0 spiro atoms. The largest absolute Gasteiger partial charge is 0.488 e. The van der Waals surface area contributed by atoms with Crippen molar-refractivity contribution in [2.24, 2.45) is 0 Å². The van der Waals surface area contributed by atoms with E-state index >= 15 is 0 Å². The standard InChI is InChI=1S/C44H37BrO6/c1-3-31(50-43(46)38-21-11-15-28-13-5-7-17-33(28)38)26-48-41-35-19-9-10-20-36(35)42(40-25-30(45)23-24-37(40)41)49-27-32(4-2)51-44(47)39-22-12-16-29-14-6-8-18-34(29)39/h5-25,31-32H,3-4,26-27H2,1-2H3. The fourth-order valence-corrected chi connectivity index (χ4v) is 6.80. The van der Waals surface area contributed by atoms with Crippen molar-refractivity contribution in [3.63, 3.8) is 0 Å². The summed E-state index contributed by atoms with van der Waals surface area (Å²) in [5, 5.41) is 7.08. The molecule has 0 heterocycles. The van der Waals surface area contributed by atoms with E-state index in [0.29, 0.717) is 35.5 Å². The molecule has 7 rings (SSSR count). The van der Waals surface area contributed by atoms with E-state index in [1.54, 1.807) is 12.1 Å². The molecular formula is C44H37BrO6. The summed E-state index contributed by atoms with van der Waals surface area (Å²) in [4.78, 5) is 26.8. The lowest BCUT2D eigenvalue weighted by molar-refractivity contribution is 0.0161. The van der Waals surface area contributed by atoms with Crippen LogP contribution in [0.5, 0.6) is 11.5 Å². The third-order valence-corrected chi connectivity index (χ3v) is 9.68. The lowest BCUT2D eigenvalue weighted by atomic mass is 10.0. The minimum atomic E-state index is -0.477. The van der Waals surface area contributed by atoms with Crippen LogP contribution >= 0.6 is 15.9 Å². The first kappa shape index (κ1) is 34.1. The first-order valence-corrected chi connectivity index (χ1v) is 18.0. The summed E-state index contributed by atoms with van der Waals surface area (Å²) < 4.78 is 26.1. The smallest absolute Gasteiger partial charge is 0.339 e. The maximum absolute atomic E-state index is 13.4. The normalized spacial score (nSPS) is 12.5. The fourth-order valence-electron chi connectivity index (χ4n) is 6.44. The Hall–Kier alpha value is -5.40. The van der Waals surface area contributed by atoms with E-state index in [1.165, 1.54) is 0 Å². The number of carbonyl (C=O) groups excluding carboxylic acids is 2. The summed E-state index contributed by atoms with van der Waals surface area (Å²) in [6, 6.07) is 40.7. The van der Waals surface area contributed by atoms with Gasteiger partial charge in [-0.2, -0.15) is 0 Å². The molecule has 0 aliphatic rings. The number of hydrogen-bond donors (Lipinski definition) is 0. The molecule has 0 aromatic heterocycles. The Bertz CT molecular complexity index is 2370. The van der Waals surface area contributed by atoms with E-state index in [9.17, 15) is 9.59 Å². The molecule has 0 N–H and O–H groups in total. The second-order valence-corrected chi connectivity index (χ2v) is 13.4. The van der Waals surface area contributed by atoms with Crippen molar-refractivity contribution >= 4 is 71.0 Å². The highest BCUT2D eigenvalue weighted by atomic mass is 79.9. The average molecular weight is 742 g/mol. The Kier molecular flexibility index (Phi) is 10.2. The molecule has 6 nitrogen and oxygen atoms in total. The van der Waals surface area contributed by atoms with Crippen LogP contribution in [0.1, 0.15) is 47.4 Å². The molecule has 7 aromatic carbocycles. The highest BCUT2D eigenvalue weighted by Gasteiger charge is 2.23. The molecule has 7 aromatic rings. The molecule has 0 saturated heterocycles. The zero-order chi connectivity index (χ0) is 35.3. The van der Waals surface area contributed by atoms with Crippen LogP contribution in [-0.4, -0.2) is 37.4 Å². The Morgan fingerprint density at radius 3 is 1.41 bits per heavy atom. The quantitative estimate of drug-likeness (QED) is 0.0917. The SMILES string of the molecule is CCC(COc1c2ccccc2c(OCC(CC)OC(=O)c2cccc3ccccc23)c2cc(Br)ccc12)OC(=O)c1cccc2ccccc12. The first-order valence-electron chi connectivity index (χ1n) is 17.2. The minimum Gasteiger partial charge on any atom is -0.488 e. The van der Waals surface area contributed by atoms with Gasteiger partial charge in [0.1, 0.15) is 36.9 Å². The Labute approximate surface area is 305 Å². The lowest BCUT2D eigenvalue weighted by Gasteiger charge is -2.22. The van der Waals surface area contributed by atoms with Crippen LogP contribution in [0.3, 0.4) is 0 Å². The predicted octanol–water partition coefficient (Wildman–Crippen LogP) is 11.1. The number of esters is 2. The number of hydrogen-bond acceptors (Lipinski definition) is 6. The maximum atomic E-state index is 13.4. The molecule has 0 radical (unpaired) electrons. The number of rotatable bonds is 12. The Morgan fingerprint density at radius 2 is 0.922 bits per heavy atom. The summed E-state index contributed by atoms with van der Waals surface area (Å²) >= 11 is 3.64. The number of carbonyl (C=O) groups is 2. The second kappa shape index (κ2) is 15.2. The zero-order valence-corrected chi connectivity index (χ0v) is 30.0. The molecular weight excluding hydrogens is 704 g/mol. The number of ether oxygens (including phenoxy) is 4. The highest BCUT2D eigenvalue weighted by Crippen LogP contribution is 2.44. The van der Waals surface area contributed by atoms with Gasteiger partial charge in [-0.1, -0.05) is 127 Å². The summed E-state index contributed by atoms with van der Waals surface area (Å²) in [7, 11) is 0. The molecule has 0 saturated carbocycles. The maximum Gasteiger partial charge on any atom is 0.339 e. The third kappa shape index (κ3) is 7.12. The van der Waals surface area contributed by atoms with Gasteiger partial charge in [-0.15, -0.1) is 0 Å². The summed E-state index contributed by atoms with van der Waals surface area (Å²) in [5.74, 6) is 0.587. The van der Waals surface area contributed by atoms with Crippen molar-refractivity contribution in [1.29, 1.82) is 0 Å². The van der Waals surface area contributed by atoms with E-state index < -0.39 is 12.2 Å². The molecule has 0 fully saturated rings. The van der Waals surface area contributed by atoms with Gasteiger partial charge < -0.3 is 18.9 Å². The van der Waals surface area contributed by atoms with Crippen LogP contribution in [-0.2, 0) is 9.47 Å². The average Bonchev–Trinajstić information content (AvgIpc) is 3.17. The van der Waals surface area contributed by atoms with Crippen molar-refractivity contribution in [3.8, 4) is 11.5 Å². The van der Waals surface area contributed by atoms with Gasteiger partial charge in [-0.3, -0.25) is 0 Å². The minimum absolute atomic E-state index is 0.168. The molecule has 0 bridgehead atoms. The van der Waals surface area contributed by atoms with Gasteiger partial charge in [-0.05, 0) is 64.7 Å². The molecule has 2 atom stereocenters. The third-order valence-electron chi connectivity index (χ3n) is 9.19. The Morgan fingerprint density at radius 1 is 0.510 bits per heavy atom. The molecule has 51 heavy (non-hydrogen) atoms. The van der Waals surface area contributed by atoms with Gasteiger partial charge in [0.15, 0.2) is 0 Å². The lowest BCUT2D eigenvalue weighted by Crippen LogP contribution is -2.25. The Balaban J connectivity index is 1.14. The molecule has 0 aliphatic heterocycles. The van der Waals surface area contributed by atoms with E-state index in [0.717, 1.165) is 47.6 Å². The van der Waals surface area contributed by atoms with E-state index in [-0.39, 0.29) is 25.2 Å². The highest BCUT2D eigenvalue weighted by molar-refractivity contribution is 9.10. The monoisotopic (exact) mass is 740 g/mol. The van der Waals surface area contributed by atoms with Gasteiger partial charge in [0.2, 0.25) is 0 Å². The van der Waals surface area contributed by atoms with Crippen LogP contribution < -0.4 is 9.47 Å². The van der Waals surface area contributed by atoms with E-state index in [4.69, 9.17) is 18.9 Å². The predicted molar refractivity (Wildman–Crippen MR) is 207 cm³/mol. The summed E-state index contributed by atoms with van der Waals surface area (Å²) in [5.41, 5.74) is 1.06. The van der Waals surface area contributed by atoms with E-state index in [1.807, 2.05) is 129 Å². The van der Waals surface area contributed by atoms with Gasteiger partial charge >= 0.3 is 11.9 Å². The zero-order valence-electron chi connectivity index (χ0n) is 28.4. The van der Waals surface area contributed by atoms with Crippen LogP contribution in [0.15, 0.2) is 132 Å². The molecule has 2 unspecified atom stereocenters. The van der Waals surface area contributed by atoms with Crippen molar-refractivity contribution in [2.75, 3.05) is 13.2 Å². The van der Waals surface area contributed by atoms with E-state index in [2.05, 4.69) is 15.9 Å². The van der Waals surface area contributed by atoms with Crippen molar-refractivity contribution in [1.82, 2.24) is 0 Å². The van der Waals surface area contributed by atoms with Gasteiger partial charge in [0.05, 0.1) is 11.1 Å². The summed E-state index contributed by atoms with van der Waals surface area (Å²) in [6.45, 7) is 4.29. The number of fused-ring (bicyclic) bond motifs is 4. The van der Waals surface area contributed by atoms with Gasteiger partial charge in [0, 0.05) is 26.0 Å². The number of benzene rings is 7. The fraction of sp³-hybridized carbons (Fsp3) is 0.182. The topological polar surface area (TPSA) is 71.1 Å². The molecule has 0 aliphatic carbocycles. The second-order valence-electron chi connectivity index (χ2n) is 12.4. The molecule has 7 heteroatoms. The molecule has 256 valence electrons. The van der Waals surface area contributed by atoms with Crippen LogP contribution in [0.25, 0.3) is 43.1 Å². The van der Waals surface area contributed by atoms with Crippen molar-refractivity contribution < 1.29 is 28.5 Å². The first-order chi connectivity index (χ1) is 24.9. The summed E-state index contributed by atoms with van der Waals surface area (Å²) in [6.07, 6.45) is 0.204. The van der Waals surface area contributed by atoms with Crippen LogP contribution in [0, 0.1) is 0 Å². The van der Waals surface area contributed by atoms with Crippen LogP contribution in [0.2, 0.25) is 0 Å². The molecule has 0 amide bonds. The number of halogens is 1. The van der Waals surface area contributed by atoms with Gasteiger partial charge in [0.25, 0.3) is 0 Å². The van der Waals surface area contributed by atoms with Crippen LogP contribution in [0.4, 0.5) is 0 Å². The van der Waals surface area contributed by atoms with Gasteiger partial charge in [-0.25, -0.2) is 9.59 Å².